The summed E-state index contributed by atoms with van der Waals surface area (Å²) in [5.41, 5.74) is -2.03. The van der Waals surface area contributed by atoms with Crippen LogP contribution in [0, 0.1) is 0 Å². The molecule has 0 unspecified atom stereocenters. The number of carboxylic acid groups (broad SMARTS) is 1. The highest BCUT2D eigenvalue weighted by Crippen LogP contribution is 2.45. The van der Waals surface area contributed by atoms with Crippen molar-refractivity contribution in [3.63, 3.8) is 0 Å². The van der Waals surface area contributed by atoms with E-state index in [0.29, 0.717) is 0 Å². The molecule has 0 heterocycles. The molecule has 0 fully saturated rings. The second-order valence-corrected chi connectivity index (χ2v) is 3.88. The quantitative estimate of drug-likeness (QED) is 0.489. The molecule has 0 spiro atoms. The summed E-state index contributed by atoms with van der Waals surface area (Å²) in [5.74, 6) is -19.0. The van der Waals surface area contributed by atoms with Gasteiger partial charge in [-0.2, -0.15) is 31.5 Å². The fourth-order valence-corrected chi connectivity index (χ4v) is 1.38. The molecule has 1 atom stereocenters. The number of alkyl halides is 6. The van der Waals surface area contributed by atoms with Crippen LogP contribution in [0.3, 0.4) is 0 Å². The Morgan fingerprint density at radius 1 is 1.24 bits per heavy atom. The lowest BCUT2D eigenvalue weighted by molar-refractivity contribution is -0.306. The minimum Gasteiger partial charge on any atom is -0.477 e. The Kier molecular flexibility index (Phi) is 3.96. The second kappa shape index (κ2) is 4.84. The molecule has 1 N–H and O–H groups in total. The van der Waals surface area contributed by atoms with E-state index in [9.17, 15) is 44.4 Å². The van der Waals surface area contributed by atoms with Crippen LogP contribution >= 0.6 is 0 Å². The van der Waals surface area contributed by atoms with E-state index >= 15 is 0 Å². The number of nitrogens with zero attached hydrogens (tertiary/aromatic N) is 1. The van der Waals surface area contributed by atoms with Crippen LogP contribution in [-0.2, 0) is 4.79 Å². The van der Waals surface area contributed by atoms with Crippen LogP contribution in [0.25, 0.3) is 0 Å². The topological polar surface area (TPSA) is 40.5 Å². The zero-order valence-electron chi connectivity index (χ0n) is 9.49. The Balaban J connectivity index is 3.34. The van der Waals surface area contributed by atoms with Gasteiger partial charge >= 0.3 is 23.9 Å². The van der Waals surface area contributed by atoms with Crippen molar-refractivity contribution in [3.8, 4) is 0 Å². The summed E-state index contributed by atoms with van der Waals surface area (Å²) in [6, 6.07) is 0. The third-order valence-electron chi connectivity index (χ3n) is 2.41. The first-order chi connectivity index (χ1) is 9.25. The molecule has 0 amide bonds. The van der Waals surface area contributed by atoms with Gasteiger partial charge in [-0.3, -0.25) is 0 Å². The highest BCUT2D eigenvalue weighted by atomic mass is 19.4. The maximum absolute atomic E-state index is 13.4. The predicted molar refractivity (Wildman–Crippen MR) is 47.4 cm³/mol. The summed E-state index contributed by atoms with van der Waals surface area (Å²) < 4.78 is 115. The lowest BCUT2D eigenvalue weighted by Gasteiger charge is -2.33. The van der Waals surface area contributed by atoms with E-state index in [1.807, 2.05) is 0 Å². The van der Waals surface area contributed by atoms with E-state index in [0.717, 1.165) is 0 Å². The van der Waals surface area contributed by atoms with Crippen LogP contribution in [-0.4, -0.2) is 34.1 Å². The van der Waals surface area contributed by atoms with Gasteiger partial charge in [-0.05, 0) is 6.08 Å². The number of rotatable bonds is 3. The third kappa shape index (κ3) is 2.65. The predicted octanol–water partition coefficient (Wildman–Crippen LogP) is 3.56. The van der Waals surface area contributed by atoms with E-state index in [1.54, 1.807) is 0 Å². The number of carbonyl (C=O) groups is 1. The molecule has 1 rings (SSSR count). The lowest BCUT2D eigenvalue weighted by atomic mass is 10.0. The molecule has 0 bridgehead atoms. The number of allylic oxidation sites excluding steroid dienone is 4. The summed E-state index contributed by atoms with van der Waals surface area (Å²) in [6.45, 7) is 0. The average molecular weight is 329 g/mol. The molecule has 120 valence electrons. The summed E-state index contributed by atoms with van der Waals surface area (Å²) in [6.07, 6.45) is -9.06. The highest BCUT2D eigenvalue weighted by Gasteiger charge is 2.69. The van der Waals surface area contributed by atoms with Gasteiger partial charge in [0.05, 0.1) is 12.1 Å². The van der Waals surface area contributed by atoms with Gasteiger partial charge in [-0.15, -0.1) is 0 Å². The molecule has 0 aromatic heterocycles. The fraction of sp³-hybridized carbons (Fsp3) is 0.444. The molecule has 0 aromatic rings. The highest BCUT2D eigenvalue weighted by molar-refractivity contribution is 5.78. The number of hydrogen-bond donors (Lipinski definition) is 1. The second-order valence-electron chi connectivity index (χ2n) is 3.88. The molecule has 0 saturated carbocycles. The van der Waals surface area contributed by atoms with Gasteiger partial charge in [-0.25, -0.2) is 13.6 Å². The Hall–Kier alpha value is -1.88. The van der Waals surface area contributed by atoms with Crippen molar-refractivity contribution in [2.75, 3.05) is 0 Å². The van der Waals surface area contributed by atoms with Crippen molar-refractivity contribution >= 4 is 5.97 Å². The molecule has 0 aliphatic heterocycles. The van der Waals surface area contributed by atoms with Crippen molar-refractivity contribution in [1.29, 1.82) is 0 Å². The van der Waals surface area contributed by atoms with E-state index in [-0.39, 0.29) is 0 Å². The minimum absolute atomic E-state index is 0.490. The minimum atomic E-state index is -6.38. The smallest absolute Gasteiger partial charge is 0.456 e. The molecule has 0 radical (unpaired) electrons. The van der Waals surface area contributed by atoms with Crippen LogP contribution in [0.1, 0.15) is 6.42 Å². The Morgan fingerprint density at radius 2 is 1.71 bits per heavy atom. The van der Waals surface area contributed by atoms with Crippen LogP contribution < -0.4 is 0 Å². The van der Waals surface area contributed by atoms with Gasteiger partial charge in [-0.1, -0.05) is 4.48 Å². The standard InChI is InChI=1S/C9H4F9NO2/c10-4-1-3(2-7(12,13)5(4)11)19(18)8(14,6(20)21)9(15,16)17/h1H,2H2,(H,20,21)/t8-/m1/s1. The van der Waals surface area contributed by atoms with Crippen LogP contribution in [0.2, 0.25) is 0 Å². The van der Waals surface area contributed by atoms with Gasteiger partial charge < -0.3 is 5.11 Å². The molecule has 1 aliphatic carbocycles. The third-order valence-corrected chi connectivity index (χ3v) is 2.41. The van der Waals surface area contributed by atoms with E-state index in [2.05, 4.69) is 0 Å². The Labute approximate surface area is 109 Å². The summed E-state index contributed by atoms with van der Waals surface area (Å²) in [7, 11) is 0. The monoisotopic (exact) mass is 329 g/mol. The van der Waals surface area contributed by atoms with Gasteiger partial charge in [0.1, 0.15) is 0 Å². The normalized spacial score (nSPS) is 21.7. The summed E-state index contributed by atoms with van der Waals surface area (Å²) in [4.78, 5) is 10.3. The number of halogens is 9. The largest absolute Gasteiger partial charge is 0.477 e. The zero-order chi connectivity index (χ0) is 16.8. The first-order valence-corrected chi connectivity index (χ1v) is 4.84. The molecule has 1 aliphatic rings. The molecule has 0 aromatic carbocycles. The number of carboxylic acids is 1. The fourth-order valence-electron chi connectivity index (χ4n) is 1.38. The number of aliphatic carboxylic acids is 1. The SMILES string of the molecule is O=C(O)[C@@](F)(N(F)C1=CC(F)=C(F)C(F)(F)C1)C(F)(F)F. The van der Waals surface area contributed by atoms with Crippen LogP contribution in [0.4, 0.5) is 39.6 Å². The van der Waals surface area contributed by atoms with Gasteiger partial charge in [0.2, 0.25) is 5.83 Å². The van der Waals surface area contributed by atoms with Crippen molar-refractivity contribution < 1.29 is 49.5 Å². The van der Waals surface area contributed by atoms with Crippen molar-refractivity contribution in [3.05, 3.63) is 23.4 Å². The van der Waals surface area contributed by atoms with E-state index in [4.69, 9.17) is 5.11 Å². The lowest BCUT2D eigenvalue weighted by Crippen LogP contribution is -2.58. The number of hydrogen-bond acceptors (Lipinski definition) is 2. The maximum Gasteiger partial charge on any atom is 0.456 e. The first kappa shape index (κ1) is 17.2. The summed E-state index contributed by atoms with van der Waals surface area (Å²) >= 11 is 0. The van der Waals surface area contributed by atoms with E-state index in [1.165, 1.54) is 0 Å². The van der Waals surface area contributed by atoms with Gasteiger partial charge in [0, 0.05) is 0 Å². The molecular weight excluding hydrogens is 325 g/mol. The van der Waals surface area contributed by atoms with Crippen molar-refractivity contribution in [2.45, 2.75) is 24.3 Å². The van der Waals surface area contributed by atoms with Crippen molar-refractivity contribution in [2.24, 2.45) is 0 Å². The maximum atomic E-state index is 13.4. The molecule has 0 saturated heterocycles. The molecular formula is C9H4F9NO2. The zero-order valence-corrected chi connectivity index (χ0v) is 9.49. The summed E-state index contributed by atoms with van der Waals surface area (Å²) in [5, 5.41) is 5.93. The van der Waals surface area contributed by atoms with E-state index < -0.39 is 58.8 Å². The van der Waals surface area contributed by atoms with Crippen molar-refractivity contribution in [1.82, 2.24) is 5.12 Å². The van der Waals surface area contributed by atoms with Crippen LogP contribution in [0.15, 0.2) is 23.4 Å². The average Bonchev–Trinajstić information content (AvgIpc) is 2.31. The van der Waals surface area contributed by atoms with Gasteiger partial charge in [0.15, 0.2) is 5.83 Å². The Morgan fingerprint density at radius 3 is 2.05 bits per heavy atom. The molecule has 3 nitrogen and oxygen atoms in total. The molecule has 12 heteroatoms. The molecule has 21 heavy (non-hydrogen) atoms. The first-order valence-electron chi connectivity index (χ1n) is 4.84. The van der Waals surface area contributed by atoms with Crippen LogP contribution in [0.5, 0.6) is 0 Å². The van der Waals surface area contributed by atoms with Gasteiger partial charge in [0.25, 0.3) is 0 Å². The Bertz CT molecular complexity index is 524.